The molecule has 0 amide bonds. The van der Waals surface area contributed by atoms with Crippen LogP contribution in [0.5, 0.6) is 5.75 Å². The van der Waals surface area contributed by atoms with Gasteiger partial charge in [-0.25, -0.2) is 0 Å². The molecule has 3 heterocycles. The molecule has 0 aliphatic carbocycles. The van der Waals surface area contributed by atoms with Crippen LogP contribution in [0.2, 0.25) is 0 Å². The lowest BCUT2D eigenvalue weighted by atomic mass is 9.97. The molecule has 6 heteroatoms. The van der Waals surface area contributed by atoms with Gasteiger partial charge in [0.25, 0.3) is 0 Å². The third kappa shape index (κ3) is 3.65. The van der Waals surface area contributed by atoms with Gasteiger partial charge in [-0.2, -0.15) is 4.98 Å². The molecule has 1 atom stereocenters. The predicted octanol–water partition coefficient (Wildman–Crippen LogP) is 4.03. The molecule has 3 aromatic rings. The van der Waals surface area contributed by atoms with Crippen molar-refractivity contribution in [2.45, 2.75) is 32.2 Å². The predicted molar refractivity (Wildman–Crippen MR) is 97.0 cm³/mol. The fourth-order valence-corrected chi connectivity index (χ4v) is 3.48. The molecule has 1 aromatic carbocycles. The number of aromatic nitrogens is 2. The van der Waals surface area contributed by atoms with E-state index in [4.69, 9.17) is 13.7 Å². The van der Waals surface area contributed by atoms with E-state index in [-0.39, 0.29) is 0 Å². The summed E-state index contributed by atoms with van der Waals surface area (Å²) in [6.45, 7) is 4.62. The fourth-order valence-electron chi connectivity index (χ4n) is 3.48. The van der Waals surface area contributed by atoms with E-state index in [9.17, 15) is 0 Å². The van der Waals surface area contributed by atoms with E-state index >= 15 is 0 Å². The molecule has 4 rings (SSSR count). The van der Waals surface area contributed by atoms with Crippen LogP contribution in [-0.2, 0) is 6.54 Å². The van der Waals surface area contributed by atoms with Gasteiger partial charge in [-0.1, -0.05) is 5.16 Å². The summed E-state index contributed by atoms with van der Waals surface area (Å²) >= 11 is 0. The van der Waals surface area contributed by atoms with E-state index in [1.165, 1.54) is 0 Å². The van der Waals surface area contributed by atoms with Gasteiger partial charge in [-0.3, -0.25) is 4.90 Å². The molecular formula is C20H23N3O3. The zero-order valence-electron chi connectivity index (χ0n) is 15.1. The lowest BCUT2D eigenvalue weighted by Crippen LogP contribution is -2.34. The zero-order chi connectivity index (χ0) is 17.9. The van der Waals surface area contributed by atoms with E-state index in [1.54, 1.807) is 7.11 Å². The standard InChI is InChI=1S/C20H23N3O3/c1-14-21-20(22-26-14)16-4-3-11-23(12-16)13-18-9-10-19(25-18)15-5-7-17(24-2)8-6-15/h5-10,16H,3-4,11-13H2,1-2H3. The van der Waals surface area contributed by atoms with Gasteiger partial charge in [0.15, 0.2) is 5.82 Å². The summed E-state index contributed by atoms with van der Waals surface area (Å²) in [4.78, 5) is 6.79. The van der Waals surface area contributed by atoms with E-state index in [1.807, 2.05) is 37.3 Å². The van der Waals surface area contributed by atoms with Gasteiger partial charge < -0.3 is 13.7 Å². The maximum absolute atomic E-state index is 6.06. The molecule has 0 N–H and O–H groups in total. The fraction of sp³-hybridized carbons (Fsp3) is 0.400. The number of furan rings is 1. The minimum Gasteiger partial charge on any atom is -0.497 e. The van der Waals surface area contributed by atoms with Crippen molar-refractivity contribution >= 4 is 0 Å². The van der Waals surface area contributed by atoms with E-state index < -0.39 is 0 Å². The highest BCUT2D eigenvalue weighted by Crippen LogP contribution is 2.28. The third-order valence-electron chi connectivity index (χ3n) is 4.83. The molecule has 1 unspecified atom stereocenters. The molecule has 6 nitrogen and oxygen atoms in total. The number of benzene rings is 1. The minimum atomic E-state index is 0.331. The van der Waals surface area contributed by atoms with Crippen molar-refractivity contribution in [3.05, 3.63) is 53.9 Å². The highest BCUT2D eigenvalue weighted by Gasteiger charge is 2.25. The van der Waals surface area contributed by atoms with Gasteiger partial charge in [0.1, 0.15) is 17.3 Å². The highest BCUT2D eigenvalue weighted by atomic mass is 16.5. The van der Waals surface area contributed by atoms with Crippen molar-refractivity contribution in [1.29, 1.82) is 0 Å². The van der Waals surface area contributed by atoms with Crippen molar-refractivity contribution in [3.63, 3.8) is 0 Å². The number of aryl methyl sites for hydroxylation is 1. The van der Waals surface area contributed by atoms with Gasteiger partial charge in [0.05, 0.1) is 13.7 Å². The molecule has 2 aromatic heterocycles. The molecule has 1 aliphatic heterocycles. The number of ether oxygens (including phenoxy) is 1. The van der Waals surface area contributed by atoms with Crippen molar-refractivity contribution in [2.24, 2.45) is 0 Å². The highest BCUT2D eigenvalue weighted by molar-refractivity contribution is 5.58. The Hall–Kier alpha value is -2.60. The third-order valence-corrected chi connectivity index (χ3v) is 4.83. The molecule has 136 valence electrons. The number of likely N-dealkylation sites (tertiary alicyclic amines) is 1. The first-order valence-corrected chi connectivity index (χ1v) is 8.97. The molecule has 1 saturated heterocycles. The summed E-state index contributed by atoms with van der Waals surface area (Å²) < 4.78 is 16.4. The van der Waals surface area contributed by atoms with Crippen LogP contribution < -0.4 is 4.74 Å². The Labute approximate surface area is 152 Å². The van der Waals surface area contributed by atoms with E-state index in [0.29, 0.717) is 11.8 Å². The van der Waals surface area contributed by atoms with Crippen LogP contribution in [0, 0.1) is 6.92 Å². The Morgan fingerprint density at radius 2 is 2.04 bits per heavy atom. The van der Waals surface area contributed by atoms with Crippen LogP contribution in [0.4, 0.5) is 0 Å². The van der Waals surface area contributed by atoms with Gasteiger partial charge in [-0.15, -0.1) is 0 Å². The largest absolute Gasteiger partial charge is 0.497 e. The van der Waals surface area contributed by atoms with Crippen LogP contribution >= 0.6 is 0 Å². The van der Waals surface area contributed by atoms with Crippen LogP contribution in [0.3, 0.4) is 0 Å². The Morgan fingerprint density at radius 3 is 2.77 bits per heavy atom. The SMILES string of the molecule is COc1ccc(-c2ccc(CN3CCCC(c4noc(C)n4)C3)o2)cc1. The smallest absolute Gasteiger partial charge is 0.223 e. The molecule has 0 bridgehead atoms. The molecular weight excluding hydrogens is 330 g/mol. The number of methoxy groups -OCH3 is 1. The Kier molecular flexibility index (Phi) is 4.75. The minimum absolute atomic E-state index is 0.331. The van der Waals surface area contributed by atoms with Crippen LogP contribution in [-0.4, -0.2) is 35.2 Å². The first-order chi connectivity index (χ1) is 12.7. The van der Waals surface area contributed by atoms with Crippen LogP contribution in [0.1, 0.15) is 36.2 Å². The number of rotatable bonds is 5. The monoisotopic (exact) mass is 353 g/mol. The second-order valence-electron chi connectivity index (χ2n) is 6.74. The second-order valence-corrected chi connectivity index (χ2v) is 6.74. The zero-order valence-corrected chi connectivity index (χ0v) is 15.1. The van der Waals surface area contributed by atoms with Gasteiger partial charge in [-0.05, 0) is 55.8 Å². The molecule has 1 fully saturated rings. The first-order valence-electron chi connectivity index (χ1n) is 8.97. The number of piperidine rings is 1. The molecule has 0 radical (unpaired) electrons. The van der Waals surface area contributed by atoms with Crippen molar-refractivity contribution < 1.29 is 13.7 Å². The summed E-state index contributed by atoms with van der Waals surface area (Å²) in [5.74, 6) is 4.48. The number of hydrogen-bond acceptors (Lipinski definition) is 6. The van der Waals surface area contributed by atoms with Crippen molar-refractivity contribution in [2.75, 3.05) is 20.2 Å². The van der Waals surface area contributed by atoms with Gasteiger partial charge in [0.2, 0.25) is 5.89 Å². The molecule has 1 aliphatic rings. The second kappa shape index (κ2) is 7.33. The normalized spacial score (nSPS) is 18.2. The van der Waals surface area contributed by atoms with Gasteiger partial charge in [0, 0.05) is 24.9 Å². The van der Waals surface area contributed by atoms with E-state index in [2.05, 4.69) is 21.1 Å². The lowest BCUT2D eigenvalue weighted by Gasteiger charge is -2.30. The summed E-state index contributed by atoms with van der Waals surface area (Å²) in [7, 11) is 1.67. The Balaban J connectivity index is 1.41. The summed E-state index contributed by atoms with van der Waals surface area (Å²) in [5.41, 5.74) is 1.05. The van der Waals surface area contributed by atoms with E-state index in [0.717, 1.165) is 61.1 Å². The average Bonchev–Trinajstić information content (AvgIpc) is 3.31. The topological polar surface area (TPSA) is 64.5 Å². The quantitative estimate of drug-likeness (QED) is 0.690. The molecule has 26 heavy (non-hydrogen) atoms. The van der Waals surface area contributed by atoms with Crippen molar-refractivity contribution in [3.8, 4) is 17.1 Å². The van der Waals surface area contributed by atoms with Gasteiger partial charge >= 0.3 is 0 Å². The Bertz CT molecular complexity index is 853. The maximum atomic E-state index is 6.06. The maximum Gasteiger partial charge on any atom is 0.223 e. The molecule has 0 spiro atoms. The average molecular weight is 353 g/mol. The van der Waals surface area contributed by atoms with Crippen molar-refractivity contribution in [1.82, 2.24) is 15.0 Å². The summed E-state index contributed by atoms with van der Waals surface area (Å²) in [5, 5.41) is 4.09. The number of nitrogens with zero attached hydrogens (tertiary/aromatic N) is 3. The number of hydrogen-bond donors (Lipinski definition) is 0. The van der Waals surface area contributed by atoms with Crippen LogP contribution in [0.25, 0.3) is 11.3 Å². The summed E-state index contributed by atoms with van der Waals surface area (Å²) in [6, 6.07) is 12.0. The first kappa shape index (κ1) is 16.8. The summed E-state index contributed by atoms with van der Waals surface area (Å²) in [6.07, 6.45) is 2.23. The van der Waals surface area contributed by atoms with Crippen LogP contribution in [0.15, 0.2) is 45.3 Å². The molecule has 0 saturated carbocycles. The Morgan fingerprint density at radius 1 is 1.19 bits per heavy atom. The lowest BCUT2D eigenvalue weighted by molar-refractivity contribution is 0.182.